The Morgan fingerprint density at radius 2 is 2.27 bits per heavy atom. The molecule has 0 radical (unpaired) electrons. The van der Waals surface area contributed by atoms with Gasteiger partial charge in [-0.3, -0.25) is 4.98 Å². The minimum absolute atomic E-state index is 0.00118. The summed E-state index contributed by atoms with van der Waals surface area (Å²) in [5.41, 5.74) is 2.37. The molecule has 0 amide bonds. The molecule has 4 nitrogen and oxygen atoms in total. The second-order valence-corrected chi connectivity index (χ2v) is 6.00. The van der Waals surface area contributed by atoms with Crippen molar-refractivity contribution in [1.82, 2.24) is 4.98 Å². The molecule has 0 aliphatic heterocycles. The summed E-state index contributed by atoms with van der Waals surface area (Å²) in [6, 6.07) is 4.93. The lowest BCUT2D eigenvalue weighted by atomic mass is 10.1. The molecule has 2 aromatic rings. The van der Waals surface area contributed by atoms with Crippen LogP contribution < -0.4 is 5.32 Å². The Kier molecular flexibility index (Phi) is 5.58. The molecular weight excluding hydrogens is 301 g/mol. The van der Waals surface area contributed by atoms with Gasteiger partial charge in [0.05, 0.1) is 16.8 Å². The number of anilines is 1. The molecule has 22 heavy (non-hydrogen) atoms. The van der Waals surface area contributed by atoms with E-state index >= 15 is 0 Å². The first-order chi connectivity index (χ1) is 10.6. The summed E-state index contributed by atoms with van der Waals surface area (Å²) in [5.74, 6) is 0.428. The molecule has 1 aromatic carbocycles. The largest absolute Gasteiger partial charge is 0.396 e. The van der Waals surface area contributed by atoms with Crippen molar-refractivity contribution in [3.05, 3.63) is 35.3 Å². The summed E-state index contributed by atoms with van der Waals surface area (Å²) in [6.45, 7) is 1.85. The second-order valence-electron chi connectivity index (χ2n) is 5.09. The number of aliphatic hydroxyl groups excluding tert-OH is 1. The van der Waals surface area contributed by atoms with E-state index in [4.69, 9.17) is 0 Å². The van der Waals surface area contributed by atoms with Crippen molar-refractivity contribution in [2.45, 2.75) is 19.4 Å². The highest BCUT2D eigenvalue weighted by Crippen LogP contribution is 2.29. The standard InChI is InChI=1S/C16H18FN3OS/c1-10-5-12(17)6-14-15(10)19-8-11(7-18)16(14)20-13(3-4-21)9-22-2/h5-6,8,13,21H,3-4,9H2,1-2H3,(H,19,20)/t13-/m1/s1. The molecule has 1 atom stereocenters. The average Bonchev–Trinajstić information content (AvgIpc) is 2.48. The quantitative estimate of drug-likeness (QED) is 0.856. The van der Waals surface area contributed by atoms with Gasteiger partial charge in [-0.15, -0.1) is 0 Å². The van der Waals surface area contributed by atoms with E-state index in [1.165, 1.54) is 18.3 Å². The van der Waals surface area contributed by atoms with Gasteiger partial charge in [-0.1, -0.05) is 0 Å². The van der Waals surface area contributed by atoms with E-state index in [2.05, 4.69) is 16.4 Å². The number of aryl methyl sites for hydroxylation is 1. The number of benzene rings is 1. The summed E-state index contributed by atoms with van der Waals surface area (Å²) < 4.78 is 13.8. The van der Waals surface area contributed by atoms with Crippen LogP contribution in [0.3, 0.4) is 0 Å². The van der Waals surface area contributed by atoms with E-state index in [0.717, 1.165) is 11.3 Å². The SMILES string of the molecule is CSC[C@@H](CCO)Nc1c(C#N)cnc2c(C)cc(F)cc12. The van der Waals surface area contributed by atoms with Crippen molar-refractivity contribution >= 4 is 28.4 Å². The van der Waals surface area contributed by atoms with Crippen molar-refractivity contribution in [1.29, 1.82) is 5.26 Å². The highest BCUT2D eigenvalue weighted by Gasteiger charge is 2.15. The molecule has 0 aliphatic carbocycles. The van der Waals surface area contributed by atoms with Gasteiger partial charge in [-0.25, -0.2) is 4.39 Å². The number of nitrogens with zero attached hydrogens (tertiary/aromatic N) is 2. The summed E-state index contributed by atoms with van der Waals surface area (Å²) in [6.07, 6.45) is 4.04. The van der Waals surface area contributed by atoms with E-state index in [9.17, 15) is 14.8 Å². The summed E-state index contributed by atoms with van der Waals surface area (Å²) in [4.78, 5) is 4.27. The van der Waals surface area contributed by atoms with Crippen molar-refractivity contribution in [2.24, 2.45) is 0 Å². The zero-order chi connectivity index (χ0) is 16.1. The molecule has 0 unspecified atom stereocenters. The predicted octanol–water partition coefficient (Wildman–Crippen LogP) is 3.08. The number of nitriles is 1. The third-order valence-corrected chi connectivity index (χ3v) is 4.18. The maximum atomic E-state index is 13.8. The fourth-order valence-corrected chi connectivity index (χ4v) is 3.09. The Morgan fingerprint density at radius 3 is 2.91 bits per heavy atom. The van der Waals surface area contributed by atoms with Crippen molar-refractivity contribution in [3.8, 4) is 6.07 Å². The highest BCUT2D eigenvalue weighted by molar-refractivity contribution is 7.98. The minimum Gasteiger partial charge on any atom is -0.396 e. The van der Waals surface area contributed by atoms with Crippen molar-refractivity contribution in [2.75, 3.05) is 23.9 Å². The molecule has 0 aliphatic rings. The molecule has 6 heteroatoms. The first-order valence-electron chi connectivity index (χ1n) is 6.96. The van der Waals surface area contributed by atoms with E-state index < -0.39 is 0 Å². The summed E-state index contributed by atoms with van der Waals surface area (Å²) in [7, 11) is 0. The van der Waals surface area contributed by atoms with Crippen LogP contribution in [0.15, 0.2) is 18.3 Å². The molecule has 0 bridgehead atoms. The van der Waals surface area contributed by atoms with Crippen LogP contribution in [0, 0.1) is 24.1 Å². The number of fused-ring (bicyclic) bond motifs is 1. The lowest BCUT2D eigenvalue weighted by Crippen LogP contribution is -2.24. The van der Waals surface area contributed by atoms with Crippen LogP contribution in [0.2, 0.25) is 0 Å². The number of nitrogens with one attached hydrogen (secondary N) is 1. The van der Waals surface area contributed by atoms with E-state index in [0.29, 0.717) is 28.6 Å². The number of hydrogen-bond acceptors (Lipinski definition) is 5. The van der Waals surface area contributed by atoms with Gasteiger partial charge < -0.3 is 10.4 Å². The number of halogens is 1. The fourth-order valence-electron chi connectivity index (χ4n) is 2.43. The number of aliphatic hydroxyl groups is 1. The first-order valence-corrected chi connectivity index (χ1v) is 8.35. The maximum absolute atomic E-state index is 13.8. The molecule has 0 saturated carbocycles. The number of thioether (sulfide) groups is 1. The van der Waals surface area contributed by atoms with Crippen molar-refractivity contribution < 1.29 is 9.50 Å². The van der Waals surface area contributed by atoms with Crippen LogP contribution in [0.4, 0.5) is 10.1 Å². The molecule has 2 rings (SSSR count). The molecule has 1 heterocycles. The first kappa shape index (κ1) is 16.5. The molecule has 2 N–H and O–H groups in total. The average molecular weight is 319 g/mol. The lowest BCUT2D eigenvalue weighted by Gasteiger charge is -2.20. The van der Waals surface area contributed by atoms with Gasteiger partial charge in [0.1, 0.15) is 11.9 Å². The zero-order valence-electron chi connectivity index (χ0n) is 12.6. The Labute approximate surface area is 133 Å². The van der Waals surface area contributed by atoms with Crippen LogP contribution >= 0.6 is 11.8 Å². The molecule has 0 saturated heterocycles. The fraction of sp³-hybridized carbons (Fsp3) is 0.375. The second kappa shape index (κ2) is 7.43. The third-order valence-electron chi connectivity index (χ3n) is 3.44. The van der Waals surface area contributed by atoms with E-state index in [1.54, 1.807) is 18.7 Å². The van der Waals surface area contributed by atoms with Gasteiger partial charge in [-0.05, 0) is 37.3 Å². The van der Waals surface area contributed by atoms with Gasteiger partial charge in [0.2, 0.25) is 0 Å². The minimum atomic E-state index is -0.353. The molecule has 1 aromatic heterocycles. The molecule has 0 fully saturated rings. The topological polar surface area (TPSA) is 68.9 Å². The molecule has 0 spiro atoms. The molecular formula is C16H18FN3OS. The Hall–Kier alpha value is -1.84. The Morgan fingerprint density at radius 1 is 1.50 bits per heavy atom. The van der Waals surface area contributed by atoms with Gasteiger partial charge >= 0.3 is 0 Å². The Balaban J connectivity index is 2.56. The lowest BCUT2D eigenvalue weighted by molar-refractivity contribution is 0.282. The number of aromatic nitrogens is 1. The normalized spacial score (nSPS) is 12.1. The Bertz CT molecular complexity index is 709. The number of hydrogen-bond donors (Lipinski definition) is 2. The smallest absolute Gasteiger partial charge is 0.124 e. The van der Waals surface area contributed by atoms with Gasteiger partial charge in [0, 0.05) is 30.0 Å². The number of pyridine rings is 1. The van der Waals surface area contributed by atoms with Gasteiger partial charge in [0.25, 0.3) is 0 Å². The van der Waals surface area contributed by atoms with Crippen molar-refractivity contribution in [3.63, 3.8) is 0 Å². The predicted molar refractivity (Wildman–Crippen MR) is 88.6 cm³/mol. The highest BCUT2D eigenvalue weighted by atomic mass is 32.2. The van der Waals surface area contributed by atoms with Crippen LogP contribution in [-0.2, 0) is 0 Å². The maximum Gasteiger partial charge on any atom is 0.124 e. The molecule has 116 valence electrons. The summed E-state index contributed by atoms with van der Waals surface area (Å²) in [5, 5.41) is 22.4. The van der Waals surface area contributed by atoms with Crippen LogP contribution in [-0.4, -0.2) is 34.7 Å². The zero-order valence-corrected chi connectivity index (χ0v) is 13.4. The van der Waals surface area contributed by atoms with Gasteiger partial charge in [-0.2, -0.15) is 17.0 Å². The third kappa shape index (κ3) is 3.49. The van der Waals surface area contributed by atoms with Crippen LogP contribution in [0.5, 0.6) is 0 Å². The number of rotatable bonds is 6. The van der Waals surface area contributed by atoms with Gasteiger partial charge in [0.15, 0.2) is 0 Å². The van der Waals surface area contributed by atoms with Crippen LogP contribution in [0.25, 0.3) is 10.9 Å². The van der Waals surface area contributed by atoms with Crippen LogP contribution in [0.1, 0.15) is 17.5 Å². The monoisotopic (exact) mass is 319 g/mol. The van der Waals surface area contributed by atoms with E-state index in [1.807, 2.05) is 6.26 Å². The van der Waals surface area contributed by atoms with E-state index in [-0.39, 0.29) is 18.5 Å². The summed E-state index contributed by atoms with van der Waals surface area (Å²) >= 11 is 1.65.